The lowest BCUT2D eigenvalue weighted by Gasteiger charge is -2.19. The van der Waals surface area contributed by atoms with Gasteiger partial charge in [-0.2, -0.15) is 5.10 Å². The molecule has 1 aromatic heterocycles. The Morgan fingerprint density at radius 1 is 1.29 bits per heavy atom. The number of sulfonamides is 1. The highest BCUT2D eigenvalue weighted by Gasteiger charge is 2.40. The zero-order valence-corrected chi connectivity index (χ0v) is 15.6. The molecule has 1 aliphatic carbocycles. The van der Waals surface area contributed by atoms with Crippen LogP contribution in [0.25, 0.3) is 0 Å². The molecule has 0 unspecified atom stereocenters. The summed E-state index contributed by atoms with van der Waals surface area (Å²) in [5, 5.41) is 4.19. The number of nitrogens with one attached hydrogen (secondary N) is 1. The average molecular weight is 355 g/mol. The predicted octanol–water partition coefficient (Wildman–Crippen LogP) is 1.76. The first-order valence-corrected chi connectivity index (χ1v) is 10.7. The Morgan fingerprint density at radius 3 is 2.71 bits per heavy atom. The molecule has 24 heavy (non-hydrogen) atoms. The number of hydrogen-bond acceptors (Lipinski definition) is 4. The Kier molecular flexibility index (Phi) is 5.62. The van der Waals surface area contributed by atoms with E-state index in [-0.39, 0.29) is 11.3 Å². The number of rotatable bonds is 9. The molecule has 3 rings (SSSR count). The van der Waals surface area contributed by atoms with Crippen LogP contribution in [0.5, 0.6) is 0 Å². The molecule has 2 aliphatic rings. The highest BCUT2D eigenvalue weighted by Crippen LogP contribution is 2.30. The van der Waals surface area contributed by atoms with Crippen LogP contribution in [0.1, 0.15) is 44.6 Å². The molecule has 6 nitrogen and oxygen atoms in total. The minimum absolute atomic E-state index is 0.0856. The van der Waals surface area contributed by atoms with E-state index in [1.54, 1.807) is 0 Å². The lowest BCUT2D eigenvalue weighted by molar-refractivity contribution is 0.306. The van der Waals surface area contributed by atoms with Crippen molar-refractivity contribution in [1.82, 2.24) is 19.4 Å². The third kappa shape index (κ3) is 4.58. The maximum atomic E-state index is 12.3. The molecule has 2 fully saturated rings. The molecule has 0 aromatic carbocycles. The molecule has 0 spiro atoms. The van der Waals surface area contributed by atoms with Crippen LogP contribution in [0.3, 0.4) is 0 Å². The van der Waals surface area contributed by atoms with Gasteiger partial charge in [0.1, 0.15) is 0 Å². The second-order valence-electron chi connectivity index (χ2n) is 7.41. The van der Waals surface area contributed by atoms with E-state index in [9.17, 15) is 8.42 Å². The molecular weight excluding hydrogens is 324 g/mol. The van der Waals surface area contributed by atoms with Crippen molar-refractivity contribution in [3.05, 3.63) is 18.0 Å². The molecular formula is C17H30N4O2S. The minimum atomic E-state index is -3.10. The van der Waals surface area contributed by atoms with Crippen LogP contribution < -0.4 is 4.72 Å². The van der Waals surface area contributed by atoms with Gasteiger partial charge in [-0.1, -0.05) is 13.3 Å². The summed E-state index contributed by atoms with van der Waals surface area (Å²) in [6.45, 7) is 7.99. The third-order valence-electron chi connectivity index (χ3n) is 5.08. The van der Waals surface area contributed by atoms with Crippen molar-refractivity contribution in [2.45, 2.75) is 63.8 Å². The van der Waals surface area contributed by atoms with E-state index in [2.05, 4.69) is 34.8 Å². The first-order valence-electron chi connectivity index (χ1n) is 9.20. The van der Waals surface area contributed by atoms with Gasteiger partial charge in [-0.15, -0.1) is 0 Å². The maximum Gasteiger partial charge on any atom is 0.214 e. The third-order valence-corrected chi connectivity index (χ3v) is 7.06. The van der Waals surface area contributed by atoms with Gasteiger partial charge in [-0.25, -0.2) is 13.1 Å². The van der Waals surface area contributed by atoms with Crippen LogP contribution in [0, 0.1) is 12.8 Å². The lowest BCUT2D eigenvalue weighted by Crippen LogP contribution is -2.42. The predicted molar refractivity (Wildman–Crippen MR) is 95.3 cm³/mol. The first-order chi connectivity index (χ1) is 11.5. The molecule has 1 aromatic rings. The van der Waals surface area contributed by atoms with Crippen molar-refractivity contribution in [2.24, 2.45) is 5.92 Å². The molecule has 1 saturated heterocycles. The van der Waals surface area contributed by atoms with Crippen LogP contribution in [0.2, 0.25) is 0 Å². The van der Waals surface area contributed by atoms with Gasteiger partial charge in [-0.05, 0) is 50.6 Å². The molecule has 0 bridgehead atoms. The Bertz CT molecular complexity index is 639. The molecule has 7 heteroatoms. The molecule has 136 valence electrons. The van der Waals surface area contributed by atoms with Gasteiger partial charge >= 0.3 is 0 Å². The molecule has 1 aliphatic heterocycles. The van der Waals surface area contributed by atoms with Crippen LogP contribution in [0.15, 0.2) is 12.4 Å². The first kappa shape index (κ1) is 17.9. The van der Waals surface area contributed by atoms with E-state index in [1.165, 1.54) is 5.56 Å². The topological polar surface area (TPSA) is 67.2 Å². The second kappa shape index (κ2) is 7.54. The van der Waals surface area contributed by atoms with Crippen molar-refractivity contribution in [2.75, 3.05) is 19.6 Å². The average Bonchev–Trinajstić information content (AvgIpc) is 3.22. The van der Waals surface area contributed by atoms with Gasteiger partial charge in [0.05, 0.1) is 11.4 Å². The summed E-state index contributed by atoms with van der Waals surface area (Å²) >= 11 is 0. The Morgan fingerprint density at radius 2 is 2.08 bits per heavy atom. The normalized spacial score (nSPS) is 25.4. The fourth-order valence-electron chi connectivity index (χ4n) is 3.67. The van der Waals surface area contributed by atoms with Crippen molar-refractivity contribution in [3.8, 4) is 0 Å². The van der Waals surface area contributed by atoms with Crippen LogP contribution >= 0.6 is 0 Å². The molecule has 1 N–H and O–H groups in total. The van der Waals surface area contributed by atoms with Crippen molar-refractivity contribution in [3.63, 3.8) is 0 Å². The van der Waals surface area contributed by atoms with Gasteiger partial charge in [0, 0.05) is 31.9 Å². The van der Waals surface area contributed by atoms with Gasteiger partial charge < -0.3 is 4.90 Å². The Hall–Kier alpha value is -0.920. The summed E-state index contributed by atoms with van der Waals surface area (Å²) in [6, 6.07) is 0.0856. The maximum absolute atomic E-state index is 12.3. The summed E-state index contributed by atoms with van der Waals surface area (Å²) in [5.41, 5.74) is 1.19. The molecule has 2 atom stereocenters. The van der Waals surface area contributed by atoms with E-state index < -0.39 is 10.0 Å². The van der Waals surface area contributed by atoms with Crippen molar-refractivity contribution in [1.29, 1.82) is 0 Å². The fourth-order valence-corrected chi connectivity index (χ4v) is 5.31. The largest absolute Gasteiger partial charge is 0.301 e. The van der Waals surface area contributed by atoms with Gasteiger partial charge in [0.2, 0.25) is 10.0 Å². The van der Waals surface area contributed by atoms with Gasteiger partial charge in [0.25, 0.3) is 0 Å². The standard InChI is InChI=1S/C17H30N4O2S/c1-3-5-15-12-20(8-4-9-21-11-14(2)10-18-21)13-17(15)19-24(22,23)16-6-7-16/h10-11,15-17,19H,3-9,12-13H2,1-2H3/t15-,17-/m1/s1. The molecule has 1 saturated carbocycles. The Balaban J connectivity index is 1.50. The number of aryl methyl sites for hydroxylation is 2. The van der Waals surface area contributed by atoms with E-state index in [0.717, 1.165) is 58.3 Å². The van der Waals surface area contributed by atoms with E-state index in [0.29, 0.717) is 5.92 Å². The SMILES string of the molecule is CCC[C@@H]1CN(CCCn2cc(C)cn2)C[C@H]1NS(=O)(=O)C1CC1. The highest BCUT2D eigenvalue weighted by atomic mass is 32.2. The quantitative estimate of drug-likeness (QED) is 0.734. The zero-order valence-electron chi connectivity index (χ0n) is 14.8. The summed E-state index contributed by atoms with van der Waals surface area (Å²) in [5.74, 6) is 0.440. The van der Waals surface area contributed by atoms with Gasteiger partial charge in [0.15, 0.2) is 0 Å². The number of nitrogens with zero attached hydrogens (tertiary/aromatic N) is 3. The lowest BCUT2D eigenvalue weighted by atomic mass is 9.99. The fraction of sp³-hybridized carbons (Fsp3) is 0.824. The molecule has 0 radical (unpaired) electrons. The summed E-state index contributed by atoms with van der Waals surface area (Å²) in [7, 11) is -3.10. The van der Waals surface area contributed by atoms with E-state index in [1.807, 2.05) is 10.9 Å². The second-order valence-corrected chi connectivity index (χ2v) is 9.40. The zero-order chi connectivity index (χ0) is 17.2. The van der Waals surface area contributed by atoms with Crippen molar-refractivity contribution < 1.29 is 8.42 Å². The van der Waals surface area contributed by atoms with Crippen molar-refractivity contribution >= 4 is 10.0 Å². The monoisotopic (exact) mass is 354 g/mol. The van der Waals surface area contributed by atoms with Crippen LogP contribution in [-0.2, 0) is 16.6 Å². The molecule has 2 heterocycles. The minimum Gasteiger partial charge on any atom is -0.301 e. The summed E-state index contributed by atoms with van der Waals surface area (Å²) in [6.07, 6.45) is 8.84. The number of likely N-dealkylation sites (tertiary alicyclic amines) is 1. The summed E-state index contributed by atoms with van der Waals surface area (Å²) in [4.78, 5) is 2.41. The number of aromatic nitrogens is 2. The van der Waals surface area contributed by atoms with Gasteiger partial charge in [-0.3, -0.25) is 4.68 Å². The smallest absolute Gasteiger partial charge is 0.214 e. The van der Waals surface area contributed by atoms with E-state index >= 15 is 0 Å². The van der Waals surface area contributed by atoms with Crippen LogP contribution in [0.4, 0.5) is 0 Å². The van der Waals surface area contributed by atoms with Crippen LogP contribution in [-0.4, -0.2) is 54.0 Å². The van der Waals surface area contributed by atoms with E-state index in [4.69, 9.17) is 0 Å². The Labute approximate surface area is 145 Å². The molecule has 0 amide bonds. The number of hydrogen-bond donors (Lipinski definition) is 1. The summed E-state index contributed by atoms with van der Waals surface area (Å²) < 4.78 is 29.5. The highest BCUT2D eigenvalue weighted by molar-refractivity contribution is 7.90.